The molecule has 0 bridgehead atoms. The van der Waals surface area contributed by atoms with E-state index in [0.717, 1.165) is 0 Å². The van der Waals surface area contributed by atoms with Gasteiger partial charge in [-0.05, 0) is 52.5 Å². The molecule has 0 saturated carbocycles. The second-order valence-corrected chi connectivity index (χ2v) is 3.35. The Labute approximate surface area is 77.3 Å². The van der Waals surface area contributed by atoms with E-state index in [1.165, 1.54) is 45.4 Å². The minimum Gasteiger partial charge on any atom is -0.317 e. The molecule has 2 nitrogen and oxygen atoms in total. The van der Waals surface area contributed by atoms with E-state index in [0.29, 0.717) is 0 Å². The highest BCUT2D eigenvalue weighted by atomic mass is 15.1. The highest BCUT2D eigenvalue weighted by Gasteiger charge is 1.93. The topological polar surface area (TPSA) is 15.3 Å². The summed E-state index contributed by atoms with van der Waals surface area (Å²) in [6.45, 7) is 9.18. The van der Waals surface area contributed by atoms with Gasteiger partial charge in [-0.15, -0.1) is 0 Å². The molecule has 0 aromatic heterocycles. The lowest BCUT2D eigenvalue weighted by atomic mass is 10.3. The van der Waals surface area contributed by atoms with Crippen LogP contribution in [0.25, 0.3) is 0 Å². The fourth-order valence-corrected chi connectivity index (χ4v) is 1.09. The summed E-state index contributed by atoms with van der Waals surface area (Å²) in [6.07, 6.45) is 3.88. The molecule has 2 heteroatoms. The minimum absolute atomic E-state index is 1.17. The summed E-state index contributed by atoms with van der Waals surface area (Å²) in [4.78, 5) is 2.36. The molecule has 0 fully saturated rings. The maximum Gasteiger partial charge on any atom is -0.00214 e. The van der Waals surface area contributed by atoms with E-state index in [4.69, 9.17) is 0 Å². The van der Waals surface area contributed by atoms with Crippen molar-refractivity contribution in [3.63, 3.8) is 0 Å². The number of unbranched alkanes of at least 4 members (excludes halogenated alkanes) is 1. The van der Waals surface area contributed by atoms with Gasteiger partial charge in [0, 0.05) is 0 Å². The van der Waals surface area contributed by atoms with Crippen molar-refractivity contribution in [1.82, 2.24) is 10.2 Å². The minimum atomic E-state index is 1.17. The van der Waals surface area contributed by atoms with E-state index in [9.17, 15) is 0 Å². The van der Waals surface area contributed by atoms with Crippen molar-refractivity contribution < 1.29 is 0 Å². The van der Waals surface area contributed by atoms with E-state index in [2.05, 4.69) is 31.1 Å². The Morgan fingerprint density at radius 3 is 2.42 bits per heavy atom. The molecule has 12 heavy (non-hydrogen) atoms. The summed E-state index contributed by atoms with van der Waals surface area (Å²) in [6, 6.07) is 0. The summed E-state index contributed by atoms with van der Waals surface area (Å²) in [5.41, 5.74) is 0. The molecule has 74 valence electrons. The van der Waals surface area contributed by atoms with Crippen LogP contribution < -0.4 is 5.32 Å². The zero-order valence-electron chi connectivity index (χ0n) is 8.90. The van der Waals surface area contributed by atoms with Crippen LogP contribution in [-0.2, 0) is 0 Å². The second-order valence-electron chi connectivity index (χ2n) is 3.35. The van der Waals surface area contributed by atoms with Crippen LogP contribution in [0.2, 0.25) is 0 Å². The Kier molecular flexibility index (Phi) is 8.95. The van der Waals surface area contributed by atoms with Crippen molar-refractivity contribution in [2.45, 2.75) is 33.1 Å². The summed E-state index contributed by atoms with van der Waals surface area (Å²) >= 11 is 0. The third kappa shape index (κ3) is 8.02. The summed E-state index contributed by atoms with van der Waals surface area (Å²) in [5.74, 6) is 0. The molecule has 0 aliphatic heterocycles. The van der Waals surface area contributed by atoms with Crippen LogP contribution in [0.3, 0.4) is 0 Å². The van der Waals surface area contributed by atoms with Crippen molar-refractivity contribution in [3.8, 4) is 0 Å². The fraction of sp³-hybridized carbons (Fsp3) is 1.00. The highest BCUT2D eigenvalue weighted by Crippen LogP contribution is 1.90. The number of nitrogens with zero attached hydrogens (tertiary/aromatic N) is 1. The van der Waals surface area contributed by atoms with Gasteiger partial charge in [-0.3, -0.25) is 0 Å². The van der Waals surface area contributed by atoms with Crippen molar-refractivity contribution in [1.29, 1.82) is 0 Å². The average molecular weight is 172 g/mol. The SMILES string of the molecule is CCCNCCCCN(C)CC. The number of hydrogen-bond acceptors (Lipinski definition) is 2. The van der Waals surface area contributed by atoms with Gasteiger partial charge < -0.3 is 10.2 Å². The van der Waals surface area contributed by atoms with Gasteiger partial charge in [-0.1, -0.05) is 13.8 Å². The van der Waals surface area contributed by atoms with Crippen molar-refractivity contribution in [2.75, 3.05) is 33.2 Å². The molecule has 0 aromatic rings. The summed E-state index contributed by atoms with van der Waals surface area (Å²) in [7, 11) is 2.18. The van der Waals surface area contributed by atoms with Gasteiger partial charge in [-0.25, -0.2) is 0 Å². The van der Waals surface area contributed by atoms with Crippen LogP contribution in [0.5, 0.6) is 0 Å². The molecule has 0 aliphatic carbocycles. The lowest BCUT2D eigenvalue weighted by molar-refractivity contribution is 0.342. The molecule has 0 aliphatic rings. The van der Waals surface area contributed by atoms with Gasteiger partial charge in [0.05, 0.1) is 0 Å². The van der Waals surface area contributed by atoms with E-state index in [1.807, 2.05) is 0 Å². The standard InChI is InChI=1S/C10H24N2/c1-4-8-11-9-6-7-10-12(3)5-2/h11H,4-10H2,1-3H3. The van der Waals surface area contributed by atoms with Crippen molar-refractivity contribution >= 4 is 0 Å². The van der Waals surface area contributed by atoms with Crippen LogP contribution in [0, 0.1) is 0 Å². The van der Waals surface area contributed by atoms with Gasteiger partial charge in [-0.2, -0.15) is 0 Å². The fourth-order valence-electron chi connectivity index (χ4n) is 1.09. The Balaban J connectivity index is 2.90. The van der Waals surface area contributed by atoms with Crippen LogP contribution in [0.15, 0.2) is 0 Å². The van der Waals surface area contributed by atoms with Crippen LogP contribution in [-0.4, -0.2) is 38.1 Å². The van der Waals surface area contributed by atoms with Crippen molar-refractivity contribution in [3.05, 3.63) is 0 Å². The van der Waals surface area contributed by atoms with Gasteiger partial charge in [0.1, 0.15) is 0 Å². The Bertz CT molecular complexity index is 83.9. The molecule has 0 saturated heterocycles. The second kappa shape index (κ2) is 9.01. The van der Waals surface area contributed by atoms with Crippen LogP contribution in [0.4, 0.5) is 0 Å². The third-order valence-corrected chi connectivity index (χ3v) is 2.11. The smallest absolute Gasteiger partial charge is 0.00214 e. The lowest BCUT2D eigenvalue weighted by Crippen LogP contribution is -2.21. The largest absolute Gasteiger partial charge is 0.317 e. The van der Waals surface area contributed by atoms with Crippen LogP contribution in [0.1, 0.15) is 33.1 Å². The molecular formula is C10H24N2. The zero-order chi connectivity index (χ0) is 9.23. The molecule has 0 aromatic carbocycles. The van der Waals surface area contributed by atoms with E-state index in [1.54, 1.807) is 0 Å². The van der Waals surface area contributed by atoms with Gasteiger partial charge in [0.25, 0.3) is 0 Å². The first-order valence-corrected chi connectivity index (χ1v) is 5.20. The summed E-state index contributed by atoms with van der Waals surface area (Å²) in [5, 5.41) is 3.41. The van der Waals surface area contributed by atoms with Crippen molar-refractivity contribution in [2.24, 2.45) is 0 Å². The molecule has 0 heterocycles. The quantitative estimate of drug-likeness (QED) is 0.561. The third-order valence-electron chi connectivity index (χ3n) is 2.11. The first kappa shape index (κ1) is 11.9. The zero-order valence-corrected chi connectivity index (χ0v) is 8.90. The maximum atomic E-state index is 3.41. The first-order chi connectivity index (χ1) is 5.81. The molecule has 0 amide bonds. The predicted octanol–water partition coefficient (Wildman–Crippen LogP) is 1.72. The lowest BCUT2D eigenvalue weighted by Gasteiger charge is -2.13. The molecule has 0 unspecified atom stereocenters. The Morgan fingerprint density at radius 1 is 1.08 bits per heavy atom. The maximum absolute atomic E-state index is 3.41. The summed E-state index contributed by atoms with van der Waals surface area (Å²) < 4.78 is 0. The monoisotopic (exact) mass is 172 g/mol. The van der Waals surface area contributed by atoms with E-state index < -0.39 is 0 Å². The first-order valence-electron chi connectivity index (χ1n) is 5.20. The van der Waals surface area contributed by atoms with Gasteiger partial charge >= 0.3 is 0 Å². The predicted molar refractivity (Wildman–Crippen MR) is 55.6 cm³/mol. The number of hydrogen-bond donors (Lipinski definition) is 1. The molecule has 0 atom stereocenters. The Hall–Kier alpha value is -0.0800. The molecular weight excluding hydrogens is 148 g/mol. The molecule has 0 spiro atoms. The number of rotatable bonds is 8. The van der Waals surface area contributed by atoms with E-state index >= 15 is 0 Å². The highest BCUT2D eigenvalue weighted by molar-refractivity contribution is 4.51. The molecule has 1 N–H and O–H groups in total. The van der Waals surface area contributed by atoms with Gasteiger partial charge in [0.2, 0.25) is 0 Å². The average Bonchev–Trinajstić information content (AvgIpc) is 2.10. The normalized spacial score (nSPS) is 11.0. The van der Waals surface area contributed by atoms with Gasteiger partial charge in [0.15, 0.2) is 0 Å². The molecule has 0 radical (unpaired) electrons. The van der Waals surface area contributed by atoms with E-state index in [-0.39, 0.29) is 0 Å². The van der Waals surface area contributed by atoms with Crippen LogP contribution >= 0.6 is 0 Å². The molecule has 0 rings (SSSR count). The Morgan fingerprint density at radius 2 is 1.83 bits per heavy atom. The number of nitrogens with one attached hydrogen (secondary N) is 1.